The number of rotatable bonds is 7. The van der Waals surface area contributed by atoms with Crippen molar-refractivity contribution in [2.75, 3.05) is 12.3 Å². The number of hydrogen-bond acceptors (Lipinski definition) is 6. The maximum atomic E-state index is 12.3. The van der Waals surface area contributed by atoms with Crippen molar-refractivity contribution in [1.82, 2.24) is 14.9 Å². The van der Waals surface area contributed by atoms with Crippen molar-refractivity contribution in [2.24, 2.45) is 0 Å². The molecule has 0 bridgehead atoms. The summed E-state index contributed by atoms with van der Waals surface area (Å²) in [5, 5.41) is 4.63. The molecule has 0 aromatic heterocycles. The number of sulfonamides is 1. The number of carbonyl (C=O) groups excluding carboxylic acids is 3. The van der Waals surface area contributed by atoms with E-state index in [-0.39, 0.29) is 18.8 Å². The van der Waals surface area contributed by atoms with Crippen LogP contribution >= 0.6 is 0 Å². The monoisotopic (exact) mass is 411 g/mol. The van der Waals surface area contributed by atoms with Gasteiger partial charge in [0, 0.05) is 13.1 Å². The Labute approximate surface area is 164 Å². The maximum Gasteiger partial charge on any atom is 0.325 e. The van der Waals surface area contributed by atoms with E-state index in [0.717, 1.165) is 9.87 Å². The fraction of sp³-hybridized carbons (Fsp3) is 0.500. The number of imide groups is 1. The van der Waals surface area contributed by atoms with Crippen molar-refractivity contribution >= 4 is 27.9 Å². The van der Waals surface area contributed by atoms with Crippen LogP contribution in [-0.2, 0) is 30.9 Å². The Morgan fingerprint density at radius 2 is 1.93 bits per heavy atom. The first-order chi connectivity index (χ1) is 13.2. The molecular weight excluding hydrogens is 386 g/mol. The number of urea groups is 1. The third-order valence-electron chi connectivity index (χ3n) is 4.39. The summed E-state index contributed by atoms with van der Waals surface area (Å²) in [4.78, 5) is 36.2. The second kappa shape index (κ2) is 9.65. The van der Waals surface area contributed by atoms with Crippen molar-refractivity contribution in [3.63, 3.8) is 0 Å². The average Bonchev–Trinajstić information content (AvgIpc) is 3.18. The first kappa shape index (κ1) is 21.8. The van der Waals surface area contributed by atoms with Crippen LogP contribution < -0.4 is 10.6 Å². The number of hydrogen-bond donors (Lipinski definition) is 2. The second-order valence-corrected chi connectivity index (χ2v) is 8.62. The Kier molecular flexibility index (Phi) is 7.53. The van der Waals surface area contributed by atoms with Gasteiger partial charge in [0.1, 0.15) is 6.04 Å². The van der Waals surface area contributed by atoms with Crippen LogP contribution in [0.25, 0.3) is 0 Å². The predicted molar refractivity (Wildman–Crippen MR) is 102 cm³/mol. The van der Waals surface area contributed by atoms with Crippen LogP contribution in [0.2, 0.25) is 0 Å². The molecule has 1 aliphatic rings. The number of esters is 1. The highest BCUT2D eigenvalue weighted by atomic mass is 32.2. The van der Waals surface area contributed by atoms with Gasteiger partial charge in [-0.25, -0.2) is 13.2 Å². The Morgan fingerprint density at radius 1 is 1.25 bits per heavy atom. The summed E-state index contributed by atoms with van der Waals surface area (Å²) < 4.78 is 30.3. The molecule has 0 saturated carbocycles. The highest BCUT2D eigenvalue weighted by Crippen LogP contribution is 2.22. The number of nitrogens with one attached hydrogen (secondary N) is 2. The minimum absolute atomic E-state index is 0.117. The van der Waals surface area contributed by atoms with Gasteiger partial charge in [-0.15, -0.1) is 0 Å². The summed E-state index contributed by atoms with van der Waals surface area (Å²) in [7, 11) is -3.53. The van der Waals surface area contributed by atoms with Gasteiger partial charge in [-0.2, -0.15) is 4.31 Å². The van der Waals surface area contributed by atoms with Gasteiger partial charge in [0.2, 0.25) is 10.0 Å². The van der Waals surface area contributed by atoms with Crippen LogP contribution in [0.15, 0.2) is 30.3 Å². The van der Waals surface area contributed by atoms with Gasteiger partial charge in [-0.05, 0) is 32.3 Å². The zero-order valence-electron chi connectivity index (χ0n) is 15.9. The first-order valence-electron chi connectivity index (χ1n) is 9.07. The molecule has 0 unspecified atom stereocenters. The van der Waals surface area contributed by atoms with E-state index in [1.165, 1.54) is 13.8 Å². The molecule has 1 heterocycles. The SMILES string of the molecule is CCS(=O)(=O)N1CCC[C@@H]1C(=O)O[C@@H](C)C(=O)NC(=O)NCc1ccccc1. The molecule has 1 fully saturated rings. The Balaban J connectivity index is 1.84. The minimum atomic E-state index is -3.53. The lowest BCUT2D eigenvalue weighted by Crippen LogP contribution is -2.47. The van der Waals surface area contributed by atoms with E-state index in [1.54, 1.807) is 0 Å². The molecular formula is C18H25N3O6S. The van der Waals surface area contributed by atoms with Crippen LogP contribution in [0.4, 0.5) is 4.79 Å². The standard InChI is InChI=1S/C18H25N3O6S/c1-3-28(25,26)21-11-7-10-15(21)17(23)27-13(2)16(22)20-18(24)19-12-14-8-5-4-6-9-14/h4-6,8-9,13,15H,3,7,10-12H2,1-2H3,(H2,19,20,22,24)/t13-,15+/m0/s1. The summed E-state index contributed by atoms with van der Waals surface area (Å²) in [6.45, 7) is 3.31. The molecule has 1 saturated heterocycles. The topological polar surface area (TPSA) is 122 Å². The van der Waals surface area contributed by atoms with Gasteiger partial charge in [-0.3, -0.25) is 14.9 Å². The molecule has 2 atom stereocenters. The molecule has 1 aliphatic heterocycles. The predicted octanol–water partition coefficient (Wildman–Crippen LogP) is 0.758. The molecule has 0 radical (unpaired) electrons. The second-order valence-electron chi connectivity index (χ2n) is 6.41. The zero-order valence-corrected chi connectivity index (χ0v) is 16.7. The molecule has 0 aliphatic carbocycles. The number of benzene rings is 1. The fourth-order valence-corrected chi connectivity index (χ4v) is 4.13. The molecule has 9 nitrogen and oxygen atoms in total. The highest BCUT2D eigenvalue weighted by molar-refractivity contribution is 7.89. The molecule has 0 spiro atoms. The average molecular weight is 411 g/mol. The summed E-state index contributed by atoms with van der Waals surface area (Å²) in [5.74, 6) is -1.70. The summed E-state index contributed by atoms with van der Waals surface area (Å²) in [6, 6.07) is 7.49. The molecule has 2 rings (SSSR count). The number of nitrogens with zero attached hydrogens (tertiary/aromatic N) is 1. The van der Waals surface area contributed by atoms with Crippen molar-refractivity contribution in [3.8, 4) is 0 Å². The molecule has 1 aromatic carbocycles. The largest absolute Gasteiger partial charge is 0.451 e. The van der Waals surface area contributed by atoms with Crippen molar-refractivity contribution in [2.45, 2.75) is 45.4 Å². The first-order valence-corrected chi connectivity index (χ1v) is 10.7. The van der Waals surface area contributed by atoms with Gasteiger partial charge in [0.15, 0.2) is 6.10 Å². The van der Waals surface area contributed by atoms with Crippen LogP contribution in [-0.4, -0.2) is 55.1 Å². The molecule has 154 valence electrons. The Bertz CT molecular complexity index is 812. The quantitative estimate of drug-likeness (QED) is 0.639. The zero-order chi connectivity index (χ0) is 20.7. The van der Waals surface area contributed by atoms with Crippen LogP contribution in [0.3, 0.4) is 0 Å². The molecule has 2 N–H and O–H groups in total. The third-order valence-corrected chi connectivity index (χ3v) is 6.27. The number of carbonyl (C=O) groups is 3. The Hall–Kier alpha value is -2.46. The number of amides is 3. The van der Waals surface area contributed by atoms with Gasteiger partial charge in [0.25, 0.3) is 5.91 Å². The summed E-state index contributed by atoms with van der Waals surface area (Å²) >= 11 is 0. The lowest BCUT2D eigenvalue weighted by Gasteiger charge is -2.23. The van der Waals surface area contributed by atoms with E-state index in [9.17, 15) is 22.8 Å². The highest BCUT2D eigenvalue weighted by Gasteiger charge is 2.39. The van der Waals surface area contributed by atoms with Gasteiger partial charge >= 0.3 is 12.0 Å². The molecule has 1 aromatic rings. The van der Waals surface area contributed by atoms with E-state index in [0.29, 0.717) is 12.8 Å². The van der Waals surface area contributed by atoms with Crippen LogP contribution in [0, 0.1) is 0 Å². The van der Waals surface area contributed by atoms with Crippen LogP contribution in [0.1, 0.15) is 32.3 Å². The Morgan fingerprint density at radius 3 is 2.57 bits per heavy atom. The van der Waals surface area contributed by atoms with E-state index in [1.807, 2.05) is 30.3 Å². The fourth-order valence-electron chi connectivity index (χ4n) is 2.82. The van der Waals surface area contributed by atoms with Gasteiger partial charge < -0.3 is 10.1 Å². The minimum Gasteiger partial charge on any atom is -0.451 e. The van der Waals surface area contributed by atoms with E-state index < -0.39 is 40.1 Å². The smallest absolute Gasteiger partial charge is 0.325 e. The van der Waals surface area contributed by atoms with Gasteiger partial charge in [0.05, 0.1) is 5.75 Å². The van der Waals surface area contributed by atoms with E-state index in [4.69, 9.17) is 4.74 Å². The van der Waals surface area contributed by atoms with Gasteiger partial charge in [-0.1, -0.05) is 30.3 Å². The maximum absolute atomic E-state index is 12.3. The number of ether oxygens (including phenoxy) is 1. The summed E-state index contributed by atoms with van der Waals surface area (Å²) in [5.41, 5.74) is 0.864. The van der Waals surface area contributed by atoms with E-state index in [2.05, 4.69) is 10.6 Å². The third kappa shape index (κ3) is 5.77. The summed E-state index contributed by atoms with van der Waals surface area (Å²) in [6.07, 6.45) is -0.354. The lowest BCUT2D eigenvalue weighted by atomic mass is 10.2. The van der Waals surface area contributed by atoms with Crippen molar-refractivity contribution in [3.05, 3.63) is 35.9 Å². The normalized spacial score (nSPS) is 18.3. The molecule has 3 amide bonds. The molecule has 28 heavy (non-hydrogen) atoms. The van der Waals surface area contributed by atoms with E-state index >= 15 is 0 Å². The van der Waals surface area contributed by atoms with Crippen LogP contribution in [0.5, 0.6) is 0 Å². The van der Waals surface area contributed by atoms with Crippen molar-refractivity contribution < 1.29 is 27.5 Å². The van der Waals surface area contributed by atoms with Crippen molar-refractivity contribution in [1.29, 1.82) is 0 Å². The molecule has 10 heteroatoms. The lowest BCUT2D eigenvalue weighted by molar-refractivity contribution is -0.157.